The largest absolute Gasteiger partial charge is 0.492 e. The van der Waals surface area contributed by atoms with E-state index >= 15 is 0 Å². The van der Waals surface area contributed by atoms with Crippen LogP contribution >= 0.6 is 22.7 Å². The summed E-state index contributed by atoms with van der Waals surface area (Å²) >= 11 is 3.34. The Morgan fingerprint density at radius 1 is 1.33 bits per heavy atom. The number of likely N-dealkylation sites (tertiary alicyclic amines) is 1. The smallest absolute Gasteiger partial charge is 0.235 e. The Hall–Kier alpha value is -1.44. The number of aryl methyl sites for hydroxylation is 1. The number of piperidine rings is 1. The van der Waals surface area contributed by atoms with Crippen LogP contribution in [0.1, 0.15) is 41.9 Å². The molecule has 4 heterocycles. The lowest BCUT2D eigenvalue weighted by Crippen LogP contribution is -3.14. The molecular formula is C17H23N4OS2+. The van der Waals surface area contributed by atoms with Gasteiger partial charge >= 0.3 is 0 Å². The van der Waals surface area contributed by atoms with Gasteiger partial charge in [0, 0.05) is 11.8 Å². The molecule has 0 spiro atoms. The summed E-state index contributed by atoms with van der Waals surface area (Å²) in [7, 11) is 0. The molecule has 0 aromatic carbocycles. The topological polar surface area (TPSA) is 54.9 Å². The molecule has 1 fully saturated rings. The summed E-state index contributed by atoms with van der Waals surface area (Å²) in [6.45, 7) is 8.81. The van der Waals surface area contributed by atoms with Crippen LogP contribution in [0.25, 0.3) is 4.96 Å². The lowest BCUT2D eigenvalue weighted by molar-refractivity contribution is -0.936. The van der Waals surface area contributed by atoms with Crippen molar-refractivity contribution in [1.29, 1.82) is 0 Å². The highest BCUT2D eigenvalue weighted by Gasteiger charge is 2.37. The molecule has 4 atom stereocenters. The first-order chi connectivity index (χ1) is 11.5. The lowest BCUT2D eigenvalue weighted by atomic mass is 9.90. The van der Waals surface area contributed by atoms with Gasteiger partial charge in [-0.3, -0.25) is 0 Å². The van der Waals surface area contributed by atoms with Crippen molar-refractivity contribution in [3.8, 4) is 5.88 Å². The third-order valence-corrected chi connectivity index (χ3v) is 6.85. The Kier molecular flexibility index (Phi) is 4.10. The van der Waals surface area contributed by atoms with E-state index in [-0.39, 0.29) is 11.9 Å². The highest BCUT2D eigenvalue weighted by molar-refractivity contribution is 7.17. The highest BCUT2D eigenvalue weighted by atomic mass is 32.1. The second-order valence-corrected chi connectivity index (χ2v) is 9.09. The molecule has 128 valence electrons. The van der Waals surface area contributed by atoms with Crippen molar-refractivity contribution >= 4 is 27.6 Å². The third-order valence-electron chi connectivity index (χ3n) is 4.83. The standard InChI is InChI=1S/C17H22N4OS2/c1-10-7-11(2)9-20(8-10)14(13-5-4-6-23-13)15-16(22)21-17(24-15)18-12(3)19-21/h4-6,10-11,14,22H,7-9H2,1-3H3/p+1/t10-,11+,14-/m1/s1. The lowest BCUT2D eigenvalue weighted by Gasteiger charge is -2.36. The number of nitrogens with zero attached hydrogens (tertiary/aromatic N) is 3. The minimum absolute atomic E-state index is 0.170. The minimum atomic E-state index is 0.170. The van der Waals surface area contributed by atoms with Crippen LogP contribution in [0.15, 0.2) is 17.5 Å². The molecule has 0 aliphatic carbocycles. The van der Waals surface area contributed by atoms with Crippen LogP contribution in [0.2, 0.25) is 0 Å². The molecule has 7 heteroatoms. The normalized spacial score (nSPS) is 26.0. The van der Waals surface area contributed by atoms with E-state index in [1.807, 2.05) is 6.92 Å². The Bertz CT molecular complexity index is 828. The summed E-state index contributed by atoms with van der Waals surface area (Å²) in [4.78, 5) is 9.05. The Balaban J connectivity index is 1.80. The molecule has 0 amide bonds. The summed E-state index contributed by atoms with van der Waals surface area (Å²) in [5.74, 6) is 2.37. The summed E-state index contributed by atoms with van der Waals surface area (Å²) in [5, 5.41) is 17.3. The number of thiazole rings is 1. The number of nitrogens with one attached hydrogen (secondary N) is 1. The average molecular weight is 364 g/mol. The molecule has 3 aromatic heterocycles. The third kappa shape index (κ3) is 2.74. The van der Waals surface area contributed by atoms with Gasteiger partial charge in [-0.15, -0.1) is 16.4 Å². The zero-order valence-corrected chi connectivity index (χ0v) is 15.8. The van der Waals surface area contributed by atoms with E-state index in [0.717, 1.165) is 22.9 Å². The number of quaternary nitrogens is 1. The van der Waals surface area contributed by atoms with E-state index in [2.05, 4.69) is 41.4 Å². The van der Waals surface area contributed by atoms with Gasteiger partial charge < -0.3 is 10.0 Å². The van der Waals surface area contributed by atoms with Gasteiger partial charge in [-0.1, -0.05) is 31.3 Å². The minimum Gasteiger partial charge on any atom is -0.492 e. The molecule has 2 N–H and O–H groups in total. The first-order valence-corrected chi connectivity index (χ1v) is 10.2. The fraction of sp³-hybridized carbons (Fsp3) is 0.529. The van der Waals surface area contributed by atoms with E-state index in [1.165, 1.54) is 11.3 Å². The van der Waals surface area contributed by atoms with E-state index in [9.17, 15) is 5.11 Å². The SMILES string of the molecule is Cc1nc2sc([C@@H](c3cccs3)[NH+]3C[C@H](C)C[C@H](C)C3)c(O)n2n1. The number of thiophene rings is 1. The zero-order chi connectivity index (χ0) is 16.8. The molecule has 3 aromatic rings. The van der Waals surface area contributed by atoms with Crippen molar-refractivity contribution in [2.45, 2.75) is 33.2 Å². The number of rotatable bonds is 3. The highest BCUT2D eigenvalue weighted by Crippen LogP contribution is 2.36. The van der Waals surface area contributed by atoms with Crippen LogP contribution in [0, 0.1) is 18.8 Å². The van der Waals surface area contributed by atoms with Crippen LogP contribution < -0.4 is 4.90 Å². The monoisotopic (exact) mass is 363 g/mol. The zero-order valence-electron chi connectivity index (χ0n) is 14.2. The Labute approximate surface area is 149 Å². The molecule has 0 radical (unpaired) electrons. The van der Waals surface area contributed by atoms with Crippen LogP contribution in [0.4, 0.5) is 0 Å². The van der Waals surface area contributed by atoms with E-state index in [1.54, 1.807) is 32.1 Å². The van der Waals surface area contributed by atoms with E-state index in [0.29, 0.717) is 17.7 Å². The summed E-state index contributed by atoms with van der Waals surface area (Å²) < 4.78 is 1.59. The molecule has 5 nitrogen and oxygen atoms in total. The quantitative estimate of drug-likeness (QED) is 0.752. The fourth-order valence-corrected chi connectivity index (χ4v) is 6.22. The van der Waals surface area contributed by atoms with Gasteiger partial charge in [-0.25, -0.2) is 4.98 Å². The van der Waals surface area contributed by atoms with Gasteiger partial charge in [0.05, 0.1) is 18.0 Å². The maximum absolute atomic E-state index is 10.8. The van der Waals surface area contributed by atoms with Crippen molar-refractivity contribution in [3.63, 3.8) is 0 Å². The Morgan fingerprint density at radius 2 is 2.08 bits per heavy atom. The second kappa shape index (κ2) is 6.13. The molecule has 1 unspecified atom stereocenters. The van der Waals surface area contributed by atoms with Crippen LogP contribution in [-0.4, -0.2) is 32.8 Å². The van der Waals surface area contributed by atoms with Crippen molar-refractivity contribution in [2.24, 2.45) is 11.8 Å². The van der Waals surface area contributed by atoms with Crippen LogP contribution in [0.5, 0.6) is 5.88 Å². The number of aromatic nitrogens is 3. The number of hydrogen-bond donors (Lipinski definition) is 2. The van der Waals surface area contributed by atoms with Crippen molar-refractivity contribution in [1.82, 2.24) is 14.6 Å². The number of aromatic hydroxyl groups is 1. The van der Waals surface area contributed by atoms with Gasteiger partial charge in [0.25, 0.3) is 0 Å². The number of hydrogen-bond acceptors (Lipinski definition) is 5. The molecular weight excluding hydrogens is 340 g/mol. The predicted octanol–water partition coefficient (Wildman–Crippen LogP) is 2.52. The first-order valence-electron chi connectivity index (χ1n) is 8.46. The van der Waals surface area contributed by atoms with E-state index < -0.39 is 0 Å². The maximum Gasteiger partial charge on any atom is 0.235 e. The number of fused-ring (bicyclic) bond motifs is 1. The molecule has 1 aliphatic rings. The van der Waals surface area contributed by atoms with Gasteiger partial charge in [0.15, 0.2) is 6.04 Å². The van der Waals surface area contributed by atoms with Gasteiger partial charge in [-0.05, 0) is 24.8 Å². The summed E-state index contributed by atoms with van der Waals surface area (Å²) in [6.07, 6.45) is 1.29. The molecule has 24 heavy (non-hydrogen) atoms. The molecule has 0 saturated carbocycles. The van der Waals surface area contributed by atoms with Crippen molar-refractivity contribution in [3.05, 3.63) is 33.1 Å². The van der Waals surface area contributed by atoms with Gasteiger partial charge in [-0.2, -0.15) is 4.52 Å². The van der Waals surface area contributed by atoms with Crippen LogP contribution in [-0.2, 0) is 0 Å². The summed E-state index contributed by atoms with van der Waals surface area (Å²) in [5.41, 5.74) is 0. The molecule has 1 aliphatic heterocycles. The summed E-state index contributed by atoms with van der Waals surface area (Å²) in [6, 6.07) is 4.46. The maximum atomic E-state index is 10.8. The second-order valence-electron chi connectivity index (χ2n) is 7.10. The fourth-order valence-electron chi connectivity index (χ4n) is 4.08. The van der Waals surface area contributed by atoms with Crippen molar-refractivity contribution in [2.75, 3.05) is 13.1 Å². The molecule has 0 bridgehead atoms. The first kappa shape index (κ1) is 16.1. The molecule has 4 rings (SSSR count). The van der Waals surface area contributed by atoms with Gasteiger partial charge in [0.1, 0.15) is 10.7 Å². The van der Waals surface area contributed by atoms with Crippen molar-refractivity contribution < 1.29 is 10.0 Å². The Morgan fingerprint density at radius 3 is 2.71 bits per heavy atom. The predicted molar refractivity (Wildman–Crippen MR) is 97.1 cm³/mol. The van der Waals surface area contributed by atoms with Gasteiger partial charge in [0.2, 0.25) is 10.8 Å². The average Bonchev–Trinajstić information content (AvgIpc) is 3.20. The van der Waals surface area contributed by atoms with Crippen LogP contribution in [0.3, 0.4) is 0 Å². The molecule has 1 saturated heterocycles. The van der Waals surface area contributed by atoms with E-state index in [4.69, 9.17) is 0 Å².